The van der Waals surface area contributed by atoms with Crippen LogP contribution in [0.5, 0.6) is 0 Å². The number of hydrogen-bond donors (Lipinski definition) is 1. The first-order valence-corrected chi connectivity index (χ1v) is 8.22. The summed E-state index contributed by atoms with van der Waals surface area (Å²) >= 11 is 3.39. The highest BCUT2D eigenvalue weighted by molar-refractivity contribution is 9.10. The summed E-state index contributed by atoms with van der Waals surface area (Å²) < 4.78 is 15.2. The van der Waals surface area contributed by atoms with Gasteiger partial charge in [0.05, 0.1) is 10.2 Å². The molecule has 1 atom stereocenters. The molecule has 130 valence electrons. The molecule has 1 aromatic heterocycles. The van der Waals surface area contributed by atoms with Crippen molar-refractivity contribution in [3.8, 4) is 5.69 Å². The molecule has 24 heavy (non-hydrogen) atoms. The molecule has 2 N–H and O–H groups in total. The van der Waals surface area contributed by atoms with Gasteiger partial charge in [-0.15, -0.1) is 12.4 Å². The van der Waals surface area contributed by atoms with E-state index >= 15 is 0 Å². The summed E-state index contributed by atoms with van der Waals surface area (Å²) in [5, 5.41) is 4.35. The lowest BCUT2D eigenvalue weighted by Crippen LogP contribution is -2.34. The summed E-state index contributed by atoms with van der Waals surface area (Å²) in [4.78, 5) is 14.5. The zero-order valence-corrected chi connectivity index (χ0v) is 15.6. The zero-order valence-electron chi connectivity index (χ0n) is 13.2. The second-order valence-corrected chi connectivity index (χ2v) is 7.09. The molecule has 5 nitrogen and oxygen atoms in total. The topological polar surface area (TPSA) is 64.2 Å². The Kier molecular flexibility index (Phi) is 5.67. The quantitative estimate of drug-likeness (QED) is 0.835. The number of rotatable bonds is 3. The molecule has 1 unspecified atom stereocenters. The van der Waals surface area contributed by atoms with Crippen molar-refractivity contribution < 1.29 is 9.18 Å². The smallest absolute Gasteiger partial charge is 0.275 e. The number of benzene rings is 1. The molecule has 0 radical (unpaired) electrons. The summed E-state index contributed by atoms with van der Waals surface area (Å²) in [5.41, 5.74) is 6.82. The molecule has 1 aliphatic heterocycles. The van der Waals surface area contributed by atoms with Crippen LogP contribution in [0, 0.1) is 11.2 Å². The van der Waals surface area contributed by atoms with E-state index in [1.807, 2.05) is 0 Å². The Bertz CT molecular complexity index is 736. The number of likely N-dealkylation sites (tertiary alicyclic amines) is 1. The number of halogens is 3. The Morgan fingerprint density at radius 2 is 2.08 bits per heavy atom. The number of aromatic nitrogens is 2. The normalized spacial score (nSPS) is 20.1. The lowest BCUT2D eigenvalue weighted by molar-refractivity contribution is 0.0769. The lowest BCUT2D eigenvalue weighted by atomic mass is 9.90. The summed E-state index contributed by atoms with van der Waals surface area (Å²) in [6.07, 6.45) is 2.60. The van der Waals surface area contributed by atoms with Crippen LogP contribution in [0.25, 0.3) is 5.69 Å². The van der Waals surface area contributed by atoms with Gasteiger partial charge >= 0.3 is 0 Å². The molecule has 3 rings (SSSR count). The van der Waals surface area contributed by atoms with Crippen molar-refractivity contribution >= 4 is 34.2 Å². The average Bonchev–Trinajstić information content (AvgIpc) is 3.12. The van der Waals surface area contributed by atoms with Crippen LogP contribution in [0.4, 0.5) is 4.39 Å². The fourth-order valence-corrected chi connectivity index (χ4v) is 3.18. The van der Waals surface area contributed by atoms with Crippen molar-refractivity contribution in [2.75, 3.05) is 19.6 Å². The van der Waals surface area contributed by atoms with Gasteiger partial charge in [-0.3, -0.25) is 4.79 Å². The second kappa shape index (κ2) is 7.21. The van der Waals surface area contributed by atoms with Crippen LogP contribution in [-0.4, -0.2) is 40.2 Å². The molecule has 8 heteroatoms. The second-order valence-electron chi connectivity index (χ2n) is 6.24. The number of carbonyl (C=O) groups excluding carboxylic acids is 1. The van der Waals surface area contributed by atoms with Crippen LogP contribution in [0.15, 0.2) is 34.9 Å². The molecule has 1 fully saturated rings. The van der Waals surface area contributed by atoms with Crippen molar-refractivity contribution in [1.29, 1.82) is 0 Å². The largest absolute Gasteiger partial charge is 0.337 e. The molecule has 1 aromatic carbocycles. The Morgan fingerprint density at radius 3 is 2.67 bits per heavy atom. The fraction of sp³-hybridized carbons (Fsp3) is 0.375. The van der Waals surface area contributed by atoms with Gasteiger partial charge in [0, 0.05) is 19.3 Å². The van der Waals surface area contributed by atoms with Gasteiger partial charge in [0.25, 0.3) is 5.91 Å². The van der Waals surface area contributed by atoms with Crippen LogP contribution in [0.1, 0.15) is 23.8 Å². The first-order chi connectivity index (χ1) is 10.9. The SMILES string of the molecule is CC1(CN)CCN(C(=O)c2nn(-c3ccc(F)cc3)cc2Br)C1.Cl. The average molecular weight is 418 g/mol. The fourth-order valence-electron chi connectivity index (χ4n) is 2.74. The minimum Gasteiger partial charge on any atom is -0.337 e. The zero-order chi connectivity index (χ0) is 16.6. The monoisotopic (exact) mass is 416 g/mol. The van der Waals surface area contributed by atoms with Crippen molar-refractivity contribution in [1.82, 2.24) is 14.7 Å². The summed E-state index contributed by atoms with van der Waals surface area (Å²) in [6, 6.07) is 5.95. The van der Waals surface area contributed by atoms with Gasteiger partial charge in [0.1, 0.15) is 5.82 Å². The van der Waals surface area contributed by atoms with Crippen molar-refractivity contribution in [3.63, 3.8) is 0 Å². The van der Waals surface area contributed by atoms with E-state index in [0.717, 1.165) is 6.42 Å². The Labute approximate surface area is 154 Å². The first kappa shape index (κ1) is 18.9. The predicted molar refractivity (Wildman–Crippen MR) is 96.2 cm³/mol. The van der Waals surface area contributed by atoms with Gasteiger partial charge in [-0.2, -0.15) is 5.10 Å². The summed E-state index contributed by atoms with van der Waals surface area (Å²) in [6.45, 7) is 3.97. The van der Waals surface area contributed by atoms with E-state index in [2.05, 4.69) is 28.0 Å². The van der Waals surface area contributed by atoms with E-state index in [1.54, 1.807) is 27.9 Å². The first-order valence-electron chi connectivity index (χ1n) is 7.42. The molecule has 2 aromatic rings. The van der Waals surface area contributed by atoms with Gasteiger partial charge in [0.2, 0.25) is 0 Å². The maximum atomic E-state index is 13.0. The van der Waals surface area contributed by atoms with Gasteiger partial charge in [-0.05, 0) is 58.6 Å². The molecular formula is C16H19BrClFN4O. The highest BCUT2D eigenvalue weighted by Crippen LogP contribution is 2.30. The maximum absolute atomic E-state index is 13.0. The van der Waals surface area contributed by atoms with E-state index in [-0.39, 0.29) is 29.5 Å². The molecule has 1 aliphatic rings. The van der Waals surface area contributed by atoms with Crippen molar-refractivity contribution in [2.45, 2.75) is 13.3 Å². The number of amides is 1. The molecular weight excluding hydrogens is 399 g/mol. The summed E-state index contributed by atoms with van der Waals surface area (Å²) in [5.74, 6) is -0.427. The maximum Gasteiger partial charge on any atom is 0.275 e. The van der Waals surface area contributed by atoms with Crippen molar-refractivity contribution in [2.24, 2.45) is 11.1 Å². The van der Waals surface area contributed by atoms with E-state index in [4.69, 9.17) is 5.73 Å². The van der Waals surface area contributed by atoms with Gasteiger partial charge in [-0.1, -0.05) is 6.92 Å². The van der Waals surface area contributed by atoms with Crippen LogP contribution in [-0.2, 0) is 0 Å². The lowest BCUT2D eigenvalue weighted by Gasteiger charge is -2.22. The summed E-state index contributed by atoms with van der Waals surface area (Å²) in [7, 11) is 0. The molecule has 1 amide bonds. The predicted octanol–water partition coefficient (Wildman–Crippen LogP) is 3.01. The highest BCUT2D eigenvalue weighted by Gasteiger charge is 2.36. The van der Waals surface area contributed by atoms with Gasteiger partial charge in [-0.25, -0.2) is 9.07 Å². The van der Waals surface area contributed by atoms with Crippen LogP contribution >= 0.6 is 28.3 Å². The van der Waals surface area contributed by atoms with Gasteiger partial charge < -0.3 is 10.6 Å². The third-order valence-corrected chi connectivity index (χ3v) is 4.88. The standard InChI is InChI=1S/C16H18BrFN4O.ClH/c1-16(9-19)6-7-21(10-16)15(23)14-13(17)8-22(20-14)12-4-2-11(18)3-5-12;/h2-5,8H,6-7,9-10,19H2,1H3;1H. The third-order valence-electron chi connectivity index (χ3n) is 4.30. The minimum atomic E-state index is -0.311. The van der Waals surface area contributed by atoms with Crippen LogP contribution < -0.4 is 5.73 Å². The van der Waals surface area contributed by atoms with Gasteiger partial charge in [0.15, 0.2) is 5.69 Å². The Morgan fingerprint density at radius 1 is 1.42 bits per heavy atom. The van der Waals surface area contributed by atoms with Crippen LogP contribution in [0.3, 0.4) is 0 Å². The number of carbonyl (C=O) groups is 1. The number of hydrogen-bond acceptors (Lipinski definition) is 3. The van der Waals surface area contributed by atoms with Crippen LogP contribution in [0.2, 0.25) is 0 Å². The number of nitrogens with zero attached hydrogens (tertiary/aromatic N) is 3. The van der Waals surface area contributed by atoms with Crippen molar-refractivity contribution in [3.05, 3.63) is 46.4 Å². The molecule has 0 aliphatic carbocycles. The molecule has 0 spiro atoms. The Balaban J connectivity index is 0.00000208. The van der Waals surface area contributed by atoms with E-state index in [9.17, 15) is 9.18 Å². The number of nitrogens with two attached hydrogens (primary N) is 1. The highest BCUT2D eigenvalue weighted by atomic mass is 79.9. The molecule has 0 saturated carbocycles. The Hall–Kier alpha value is -1.44. The van der Waals surface area contributed by atoms with E-state index < -0.39 is 0 Å². The molecule has 2 heterocycles. The molecule has 0 bridgehead atoms. The third kappa shape index (κ3) is 3.63. The van der Waals surface area contributed by atoms with E-state index in [1.165, 1.54) is 12.1 Å². The minimum absolute atomic E-state index is 0. The van der Waals surface area contributed by atoms with E-state index in [0.29, 0.717) is 35.5 Å². The molecule has 1 saturated heterocycles.